The van der Waals surface area contributed by atoms with E-state index >= 15 is 0 Å². The molecule has 0 aliphatic rings. The molecule has 0 saturated heterocycles. The normalized spacial score (nSPS) is 11.6. The summed E-state index contributed by atoms with van der Waals surface area (Å²) in [5.41, 5.74) is 1.75. The van der Waals surface area contributed by atoms with Gasteiger partial charge in [0.15, 0.2) is 5.78 Å². The number of methoxy groups -OCH3 is 1. The van der Waals surface area contributed by atoms with Crippen LogP contribution in [0.2, 0.25) is 0 Å². The minimum Gasteiger partial charge on any atom is -0.502 e. The highest BCUT2D eigenvalue weighted by molar-refractivity contribution is 6.05. The van der Waals surface area contributed by atoms with Crippen LogP contribution in [0.5, 0.6) is 5.75 Å². The Kier molecular flexibility index (Phi) is 5.57. The predicted octanol–water partition coefficient (Wildman–Crippen LogP) is 2.65. The lowest BCUT2D eigenvalue weighted by Crippen LogP contribution is -2.03. The van der Waals surface area contributed by atoms with Crippen molar-refractivity contribution in [3.8, 4) is 5.75 Å². The van der Waals surface area contributed by atoms with Crippen molar-refractivity contribution in [1.29, 1.82) is 0 Å². The minimum atomic E-state index is -1.55. The smallest absolute Gasteiger partial charge is 0.371 e. The van der Waals surface area contributed by atoms with Gasteiger partial charge in [-0.05, 0) is 30.4 Å². The first-order valence-electron chi connectivity index (χ1n) is 7.14. The van der Waals surface area contributed by atoms with Gasteiger partial charge in [-0.2, -0.15) is 0 Å². The standard InChI is InChI=1S/C18H17NO5/c1-24-17-7-3-2-5-13(17)12-19-10-4-6-14(19)8-9-15(20)11-16(21)18(22)23/h2-11,21H,12H2,1H3,(H,22,23)/b9-8+,16-11-. The number of carbonyl (C=O) groups excluding carboxylic acids is 1. The van der Waals surface area contributed by atoms with Crippen LogP contribution in [0, 0.1) is 0 Å². The van der Waals surface area contributed by atoms with Gasteiger partial charge >= 0.3 is 5.97 Å². The zero-order chi connectivity index (χ0) is 17.5. The van der Waals surface area contributed by atoms with Gasteiger partial charge in [0.25, 0.3) is 0 Å². The molecule has 0 atom stereocenters. The third-order valence-corrected chi connectivity index (χ3v) is 3.31. The Morgan fingerprint density at radius 1 is 1.17 bits per heavy atom. The van der Waals surface area contributed by atoms with E-state index in [1.54, 1.807) is 13.2 Å². The van der Waals surface area contributed by atoms with Crippen LogP contribution >= 0.6 is 0 Å². The van der Waals surface area contributed by atoms with Crippen molar-refractivity contribution in [3.05, 3.63) is 71.8 Å². The van der Waals surface area contributed by atoms with Gasteiger partial charge in [-0.25, -0.2) is 4.79 Å². The summed E-state index contributed by atoms with van der Waals surface area (Å²) in [5.74, 6) is -2.38. The molecule has 0 amide bonds. The number of carboxylic acids is 1. The summed E-state index contributed by atoms with van der Waals surface area (Å²) in [5, 5.41) is 17.6. The fraction of sp³-hybridized carbons (Fsp3) is 0.111. The van der Waals surface area contributed by atoms with Gasteiger partial charge in [-0.3, -0.25) is 4.79 Å². The van der Waals surface area contributed by atoms with Crippen LogP contribution in [0.3, 0.4) is 0 Å². The minimum absolute atomic E-state index is 0.557. The fourth-order valence-electron chi connectivity index (χ4n) is 2.15. The van der Waals surface area contributed by atoms with Gasteiger partial charge in [0, 0.05) is 23.5 Å². The number of hydrogen-bond acceptors (Lipinski definition) is 4. The van der Waals surface area contributed by atoms with E-state index in [0.29, 0.717) is 12.6 Å². The largest absolute Gasteiger partial charge is 0.502 e. The summed E-state index contributed by atoms with van der Waals surface area (Å²) in [4.78, 5) is 22.1. The van der Waals surface area contributed by atoms with Gasteiger partial charge in [0.2, 0.25) is 5.76 Å². The van der Waals surface area contributed by atoms with Crippen LogP contribution in [-0.4, -0.2) is 33.6 Å². The van der Waals surface area contributed by atoms with E-state index in [9.17, 15) is 9.59 Å². The van der Waals surface area contributed by atoms with Crippen molar-refractivity contribution in [2.45, 2.75) is 6.54 Å². The highest BCUT2D eigenvalue weighted by atomic mass is 16.5. The number of benzene rings is 1. The van der Waals surface area contributed by atoms with Crippen molar-refractivity contribution in [3.63, 3.8) is 0 Å². The lowest BCUT2D eigenvalue weighted by molar-refractivity contribution is -0.135. The lowest BCUT2D eigenvalue weighted by Gasteiger charge is -2.10. The summed E-state index contributed by atoms with van der Waals surface area (Å²) >= 11 is 0. The number of rotatable bonds is 7. The maximum Gasteiger partial charge on any atom is 0.371 e. The van der Waals surface area contributed by atoms with Crippen LogP contribution in [0.15, 0.2) is 60.5 Å². The first-order valence-corrected chi connectivity index (χ1v) is 7.14. The van der Waals surface area contributed by atoms with E-state index < -0.39 is 17.5 Å². The highest BCUT2D eigenvalue weighted by Gasteiger charge is 2.07. The molecule has 0 spiro atoms. The average Bonchev–Trinajstić information content (AvgIpc) is 3.00. The SMILES string of the molecule is COc1ccccc1Cn1cccc1/C=C/C(=O)/C=C(\O)C(=O)O. The summed E-state index contributed by atoms with van der Waals surface area (Å²) in [6, 6.07) is 11.3. The van der Waals surface area contributed by atoms with Gasteiger partial charge in [0.05, 0.1) is 13.7 Å². The Balaban J connectivity index is 2.16. The Morgan fingerprint density at radius 3 is 2.62 bits per heavy atom. The third-order valence-electron chi connectivity index (χ3n) is 3.31. The number of carboxylic acid groups (broad SMARTS) is 1. The number of ketones is 1. The average molecular weight is 327 g/mol. The Hall–Kier alpha value is -3.28. The number of hydrogen-bond donors (Lipinski definition) is 2. The summed E-state index contributed by atoms with van der Waals surface area (Å²) in [6.07, 6.45) is 5.28. The van der Waals surface area contributed by atoms with E-state index in [-0.39, 0.29) is 0 Å². The predicted molar refractivity (Wildman–Crippen MR) is 88.9 cm³/mol. The molecule has 1 aromatic carbocycles. The maximum absolute atomic E-state index is 11.6. The van der Waals surface area contributed by atoms with Crippen LogP contribution in [0.25, 0.3) is 6.08 Å². The molecule has 0 aliphatic carbocycles. The molecular formula is C18H17NO5. The molecule has 0 radical (unpaired) electrons. The molecule has 0 saturated carbocycles. The van der Waals surface area contributed by atoms with Crippen LogP contribution in [0.1, 0.15) is 11.3 Å². The number of para-hydroxylation sites is 1. The Morgan fingerprint density at radius 2 is 1.92 bits per heavy atom. The highest BCUT2D eigenvalue weighted by Crippen LogP contribution is 2.19. The first-order chi connectivity index (χ1) is 11.5. The molecular weight excluding hydrogens is 310 g/mol. The third kappa shape index (κ3) is 4.36. The van der Waals surface area contributed by atoms with E-state index in [0.717, 1.165) is 17.0 Å². The molecule has 0 aliphatic heterocycles. The molecule has 2 rings (SSSR count). The molecule has 6 nitrogen and oxygen atoms in total. The Bertz CT molecular complexity index is 801. The molecule has 0 unspecified atom stereocenters. The van der Waals surface area contributed by atoms with Crippen LogP contribution in [-0.2, 0) is 16.1 Å². The number of allylic oxidation sites excluding steroid dienone is 2. The molecule has 0 fully saturated rings. The number of nitrogens with zero attached hydrogens (tertiary/aromatic N) is 1. The van der Waals surface area contributed by atoms with Gasteiger partial charge < -0.3 is 19.5 Å². The van der Waals surface area contributed by atoms with E-state index in [2.05, 4.69) is 0 Å². The summed E-state index contributed by atoms with van der Waals surface area (Å²) < 4.78 is 7.24. The second-order valence-corrected chi connectivity index (χ2v) is 4.94. The molecule has 6 heteroatoms. The number of aromatic nitrogens is 1. The quantitative estimate of drug-likeness (QED) is 0.603. The van der Waals surface area contributed by atoms with E-state index in [1.807, 2.05) is 47.2 Å². The van der Waals surface area contributed by atoms with Crippen molar-refractivity contribution >= 4 is 17.8 Å². The van der Waals surface area contributed by atoms with Crippen molar-refractivity contribution in [2.75, 3.05) is 7.11 Å². The van der Waals surface area contributed by atoms with Crippen LogP contribution in [0.4, 0.5) is 0 Å². The molecule has 2 N–H and O–H groups in total. The number of ether oxygens (including phenoxy) is 1. The molecule has 1 aromatic heterocycles. The van der Waals surface area contributed by atoms with Crippen molar-refractivity contribution in [2.24, 2.45) is 0 Å². The molecule has 2 aromatic rings. The van der Waals surface area contributed by atoms with E-state index in [1.165, 1.54) is 6.08 Å². The molecule has 24 heavy (non-hydrogen) atoms. The summed E-state index contributed by atoms with van der Waals surface area (Å²) in [7, 11) is 1.61. The summed E-state index contributed by atoms with van der Waals surface area (Å²) in [6.45, 7) is 0.557. The zero-order valence-electron chi connectivity index (χ0n) is 13.0. The van der Waals surface area contributed by atoms with Gasteiger partial charge in [0.1, 0.15) is 5.75 Å². The van der Waals surface area contributed by atoms with Gasteiger partial charge in [-0.1, -0.05) is 18.2 Å². The lowest BCUT2D eigenvalue weighted by atomic mass is 10.2. The maximum atomic E-state index is 11.6. The number of aliphatic hydroxyl groups is 1. The number of aliphatic hydroxyl groups excluding tert-OH is 1. The molecule has 124 valence electrons. The monoisotopic (exact) mass is 327 g/mol. The molecule has 1 heterocycles. The second kappa shape index (κ2) is 7.82. The number of carbonyl (C=O) groups is 2. The topological polar surface area (TPSA) is 88.8 Å². The van der Waals surface area contributed by atoms with E-state index in [4.69, 9.17) is 14.9 Å². The van der Waals surface area contributed by atoms with Crippen molar-refractivity contribution < 1.29 is 24.5 Å². The van der Waals surface area contributed by atoms with Crippen molar-refractivity contribution in [1.82, 2.24) is 4.57 Å². The first kappa shape index (κ1) is 17.1. The zero-order valence-corrected chi connectivity index (χ0v) is 13.0. The van der Waals surface area contributed by atoms with Gasteiger partial charge in [-0.15, -0.1) is 0 Å². The Labute approximate surface area is 138 Å². The fourth-order valence-corrected chi connectivity index (χ4v) is 2.15. The van der Waals surface area contributed by atoms with Crippen LogP contribution < -0.4 is 4.74 Å². The second-order valence-electron chi connectivity index (χ2n) is 4.94. The number of aliphatic carboxylic acids is 1. The molecule has 0 bridgehead atoms.